The molecule has 168 valence electrons. The van der Waals surface area contributed by atoms with E-state index in [0.717, 1.165) is 47.0 Å². The van der Waals surface area contributed by atoms with Crippen molar-refractivity contribution in [1.29, 1.82) is 0 Å². The molecule has 5 rings (SSSR count). The molecule has 3 aromatic rings. The van der Waals surface area contributed by atoms with Gasteiger partial charge in [0.2, 0.25) is 5.91 Å². The molecule has 4 heterocycles. The molecule has 32 heavy (non-hydrogen) atoms. The molecule has 1 aliphatic heterocycles. The number of pyridine rings is 2. The second kappa shape index (κ2) is 8.20. The summed E-state index contributed by atoms with van der Waals surface area (Å²) in [5.41, 5.74) is 4.69. The fourth-order valence-corrected chi connectivity index (χ4v) is 5.28. The summed E-state index contributed by atoms with van der Waals surface area (Å²) in [5, 5.41) is 10.7. The average molecular weight is 435 g/mol. The van der Waals surface area contributed by atoms with Gasteiger partial charge in [-0.05, 0) is 69.2 Å². The standard InChI is InChI=1S/C25H30N4O3/c1-15-5-4-8-29-20(12-26-25(15)29)11-24(31)28-13-18-9-21(30)23(10-19(18)14-28)32-22-7-6-16(2)27-17(22)3/h4-8,12,18-19,21,23,30H,9-11,13-14H2,1-3H3/t18-,19+,21+,23+/m0/s1. The Bertz CT molecular complexity index is 1160. The van der Waals surface area contributed by atoms with Crippen LogP contribution in [0.4, 0.5) is 0 Å². The van der Waals surface area contributed by atoms with E-state index in [1.807, 2.05) is 60.5 Å². The minimum Gasteiger partial charge on any atom is -0.486 e. The number of imidazole rings is 1. The number of aromatic nitrogens is 3. The molecular weight excluding hydrogens is 404 g/mol. The van der Waals surface area contributed by atoms with E-state index in [2.05, 4.69) is 9.97 Å². The highest BCUT2D eigenvalue weighted by atomic mass is 16.5. The molecule has 4 atom stereocenters. The molecule has 1 amide bonds. The molecular formula is C25H30N4O3. The quantitative estimate of drug-likeness (QED) is 0.683. The van der Waals surface area contributed by atoms with Crippen molar-refractivity contribution in [3.63, 3.8) is 0 Å². The summed E-state index contributed by atoms with van der Waals surface area (Å²) in [6.45, 7) is 7.33. The summed E-state index contributed by atoms with van der Waals surface area (Å²) >= 11 is 0. The predicted octanol–water partition coefficient (Wildman–Crippen LogP) is 2.87. The van der Waals surface area contributed by atoms with Crippen LogP contribution >= 0.6 is 0 Å². The molecule has 1 saturated carbocycles. The first kappa shape index (κ1) is 20.9. The Morgan fingerprint density at radius 1 is 1.16 bits per heavy atom. The zero-order valence-electron chi connectivity index (χ0n) is 18.9. The minimum atomic E-state index is -0.534. The summed E-state index contributed by atoms with van der Waals surface area (Å²) in [6, 6.07) is 7.86. The molecule has 1 N–H and O–H groups in total. The van der Waals surface area contributed by atoms with Crippen molar-refractivity contribution < 1.29 is 14.6 Å². The summed E-state index contributed by atoms with van der Waals surface area (Å²) in [4.78, 5) is 24.0. The Kier molecular flexibility index (Phi) is 5.37. The lowest BCUT2D eigenvalue weighted by Gasteiger charge is -2.35. The van der Waals surface area contributed by atoms with E-state index in [-0.39, 0.29) is 12.0 Å². The predicted molar refractivity (Wildman–Crippen MR) is 121 cm³/mol. The average Bonchev–Trinajstić information content (AvgIpc) is 3.35. The maximum Gasteiger partial charge on any atom is 0.228 e. The van der Waals surface area contributed by atoms with Crippen LogP contribution in [0.1, 0.15) is 35.5 Å². The third-order valence-electron chi connectivity index (χ3n) is 7.03. The number of rotatable bonds is 4. The van der Waals surface area contributed by atoms with Gasteiger partial charge in [-0.2, -0.15) is 0 Å². The van der Waals surface area contributed by atoms with Gasteiger partial charge < -0.3 is 19.1 Å². The van der Waals surface area contributed by atoms with Gasteiger partial charge in [-0.3, -0.25) is 9.78 Å². The van der Waals surface area contributed by atoms with Crippen LogP contribution in [0.2, 0.25) is 0 Å². The van der Waals surface area contributed by atoms with Crippen LogP contribution in [0, 0.1) is 32.6 Å². The summed E-state index contributed by atoms with van der Waals surface area (Å²) in [5.74, 6) is 1.51. The largest absolute Gasteiger partial charge is 0.486 e. The first-order valence-electron chi connectivity index (χ1n) is 11.4. The van der Waals surface area contributed by atoms with Crippen molar-refractivity contribution in [3.05, 3.63) is 59.3 Å². The zero-order chi connectivity index (χ0) is 22.4. The molecule has 2 aliphatic rings. The van der Waals surface area contributed by atoms with Crippen molar-refractivity contribution in [3.8, 4) is 5.75 Å². The van der Waals surface area contributed by atoms with Crippen LogP contribution in [0.3, 0.4) is 0 Å². The van der Waals surface area contributed by atoms with E-state index in [1.165, 1.54) is 0 Å². The van der Waals surface area contributed by atoms with Gasteiger partial charge in [0.05, 0.1) is 23.9 Å². The third kappa shape index (κ3) is 3.86. The van der Waals surface area contributed by atoms with Gasteiger partial charge in [0.25, 0.3) is 0 Å². The van der Waals surface area contributed by atoms with E-state index in [4.69, 9.17) is 4.74 Å². The van der Waals surface area contributed by atoms with Crippen molar-refractivity contribution in [2.45, 2.75) is 52.2 Å². The first-order valence-corrected chi connectivity index (χ1v) is 11.4. The minimum absolute atomic E-state index is 0.119. The van der Waals surface area contributed by atoms with Crippen molar-refractivity contribution >= 4 is 11.6 Å². The number of hydrogen-bond donors (Lipinski definition) is 1. The lowest BCUT2D eigenvalue weighted by Crippen LogP contribution is -2.42. The number of amides is 1. The van der Waals surface area contributed by atoms with Gasteiger partial charge in [-0.1, -0.05) is 6.07 Å². The number of aliphatic hydroxyl groups is 1. The number of nitrogens with zero attached hydrogens (tertiary/aromatic N) is 4. The number of fused-ring (bicyclic) bond motifs is 2. The molecule has 0 aromatic carbocycles. The van der Waals surface area contributed by atoms with Crippen LogP contribution in [0.25, 0.3) is 5.65 Å². The number of carbonyl (C=O) groups is 1. The second-order valence-corrected chi connectivity index (χ2v) is 9.36. The smallest absolute Gasteiger partial charge is 0.228 e. The van der Waals surface area contributed by atoms with Crippen molar-refractivity contribution in [1.82, 2.24) is 19.3 Å². The number of aliphatic hydroxyl groups excluding tert-OH is 1. The van der Waals surface area contributed by atoms with Crippen LogP contribution in [0.15, 0.2) is 36.7 Å². The molecule has 7 nitrogen and oxygen atoms in total. The normalized spacial score (nSPS) is 25.2. The molecule has 7 heteroatoms. The number of aryl methyl sites for hydroxylation is 3. The van der Waals surface area contributed by atoms with Gasteiger partial charge in [0, 0.05) is 31.2 Å². The van der Waals surface area contributed by atoms with E-state index in [0.29, 0.717) is 31.2 Å². The molecule has 0 spiro atoms. The van der Waals surface area contributed by atoms with E-state index in [9.17, 15) is 9.90 Å². The number of ether oxygens (including phenoxy) is 1. The first-order chi connectivity index (χ1) is 15.4. The lowest BCUT2D eigenvalue weighted by atomic mass is 9.78. The van der Waals surface area contributed by atoms with Crippen LogP contribution in [0.5, 0.6) is 5.75 Å². The number of hydrogen-bond acceptors (Lipinski definition) is 5. The zero-order valence-corrected chi connectivity index (χ0v) is 18.9. The maximum atomic E-state index is 13.1. The Morgan fingerprint density at radius 3 is 2.72 bits per heavy atom. The molecule has 3 aromatic heterocycles. The van der Waals surface area contributed by atoms with E-state index >= 15 is 0 Å². The van der Waals surface area contributed by atoms with E-state index in [1.54, 1.807) is 6.20 Å². The summed E-state index contributed by atoms with van der Waals surface area (Å²) < 4.78 is 8.18. The molecule has 1 saturated heterocycles. The molecule has 0 bridgehead atoms. The maximum absolute atomic E-state index is 13.1. The SMILES string of the molecule is Cc1ccc(O[C@@H]2C[C@@H]3CN(C(=O)Cc4cnc5c(C)cccn45)C[C@@H]3C[C@H]2O)c(C)n1. The Hall–Kier alpha value is -2.93. The van der Waals surface area contributed by atoms with E-state index < -0.39 is 6.10 Å². The van der Waals surface area contributed by atoms with Gasteiger partial charge in [0.15, 0.2) is 0 Å². The Labute approximate surface area is 188 Å². The van der Waals surface area contributed by atoms with Crippen LogP contribution < -0.4 is 4.74 Å². The highest BCUT2D eigenvalue weighted by Gasteiger charge is 2.44. The highest BCUT2D eigenvalue weighted by Crippen LogP contribution is 2.38. The topological polar surface area (TPSA) is 80.0 Å². The monoisotopic (exact) mass is 434 g/mol. The van der Waals surface area contributed by atoms with Gasteiger partial charge in [-0.25, -0.2) is 4.98 Å². The Balaban J connectivity index is 1.25. The number of likely N-dealkylation sites (tertiary alicyclic amines) is 1. The summed E-state index contributed by atoms with van der Waals surface area (Å²) in [7, 11) is 0. The van der Waals surface area contributed by atoms with Crippen molar-refractivity contribution in [2.75, 3.05) is 13.1 Å². The molecule has 0 radical (unpaired) electrons. The van der Waals surface area contributed by atoms with Crippen molar-refractivity contribution in [2.24, 2.45) is 11.8 Å². The lowest BCUT2D eigenvalue weighted by molar-refractivity contribution is -0.129. The fraction of sp³-hybridized carbons (Fsp3) is 0.480. The van der Waals surface area contributed by atoms with Crippen LogP contribution in [-0.4, -0.2) is 55.6 Å². The van der Waals surface area contributed by atoms with Gasteiger partial charge in [-0.15, -0.1) is 0 Å². The third-order valence-corrected chi connectivity index (χ3v) is 7.03. The molecule has 1 aliphatic carbocycles. The molecule has 2 fully saturated rings. The van der Waals surface area contributed by atoms with Crippen LogP contribution in [-0.2, 0) is 11.2 Å². The van der Waals surface area contributed by atoms with Gasteiger partial charge >= 0.3 is 0 Å². The highest BCUT2D eigenvalue weighted by molar-refractivity contribution is 5.79. The van der Waals surface area contributed by atoms with Gasteiger partial charge in [0.1, 0.15) is 17.5 Å². The Morgan fingerprint density at radius 2 is 1.94 bits per heavy atom. The number of carbonyl (C=O) groups excluding carboxylic acids is 1. The second-order valence-electron chi connectivity index (χ2n) is 9.36. The summed E-state index contributed by atoms with van der Waals surface area (Å²) in [6.07, 6.45) is 4.70. The fourth-order valence-electron chi connectivity index (χ4n) is 5.28. The molecule has 0 unspecified atom stereocenters.